The zero-order valence-corrected chi connectivity index (χ0v) is 19.7. The van der Waals surface area contributed by atoms with E-state index in [1.54, 1.807) is 6.92 Å². The Morgan fingerprint density at radius 1 is 1.10 bits per heavy atom. The molecule has 0 saturated heterocycles. The summed E-state index contributed by atoms with van der Waals surface area (Å²) in [5.74, 6) is -0.712. The number of nitrogens with one attached hydrogen (secondary N) is 1. The third-order valence-corrected chi connectivity index (χ3v) is 6.65. The number of allylic oxidation sites excluding steroid dienone is 3. The van der Waals surface area contributed by atoms with E-state index in [4.69, 9.17) is 16.3 Å². The molecular weight excluding hydrogens is 478 g/mol. The number of ketones is 1. The lowest BCUT2D eigenvalue weighted by Gasteiger charge is -2.36. The molecule has 0 bridgehead atoms. The average molecular weight is 501 g/mol. The molecule has 0 spiro atoms. The first-order chi connectivity index (χ1) is 14.9. The van der Waals surface area contributed by atoms with Gasteiger partial charge >= 0.3 is 5.97 Å². The highest BCUT2D eigenvalue weighted by molar-refractivity contribution is 9.10. The van der Waals surface area contributed by atoms with E-state index < -0.39 is 5.92 Å². The van der Waals surface area contributed by atoms with Crippen LogP contribution in [0.3, 0.4) is 0 Å². The number of halogens is 2. The molecule has 0 aromatic heterocycles. The van der Waals surface area contributed by atoms with Crippen molar-refractivity contribution in [1.82, 2.24) is 5.32 Å². The fourth-order valence-electron chi connectivity index (χ4n) is 4.48. The van der Waals surface area contributed by atoms with Crippen LogP contribution in [0.15, 0.2) is 75.5 Å². The number of Topliss-reactive ketones (excluding diaryl/α,β-unsaturated/α-hetero) is 1. The Labute approximate surface area is 195 Å². The van der Waals surface area contributed by atoms with Crippen LogP contribution in [0.1, 0.15) is 49.7 Å². The predicted octanol–water partition coefficient (Wildman–Crippen LogP) is 6.03. The van der Waals surface area contributed by atoms with Gasteiger partial charge in [0.25, 0.3) is 0 Å². The molecule has 1 heterocycles. The highest BCUT2D eigenvalue weighted by atomic mass is 79.9. The second-order valence-electron chi connectivity index (χ2n) is 7.84. The second kappa shape index (κ2) is 9.01. The maximum absolute atomic E-state index is 13.5. The Morgan fingerprint density at radius 2 is 1.74 bits per heavy atom. The summed E-state index contributed by atoms with van der Waals surface area (Å²) in [6, 6.07) is 15.4. The second-order valence-corrected chi connectivity index (χ2v) is 9.19. The molecule has 4 rings (SSSR count). The van der Waals surface area contributed by atoms with Crippen molar-refractivity contribution in [3.05, 3.63) is 91.7 Å². The Balaban J connectivity index is 1.78. The maximum atomic E-state index is 13.5. The van der Waals surface area contributed by atoms with Crippen LogP contribution in [-0.2, 0) is 14.3 Å². The Morgan fingerprint density at radius 3 is 2.39 bits per heavy atom. The molecule has 160 valence electrons. The smallest absolute Gasteiger partial charge is 0.336 e. The molecule has 0 saturated carbocycles. The van der Waals surface area contributed by atoms with Crippen molar-refractivity contribution in [3.63, 3.8) is 0 Å². The zero-order valence-electron chi connectivity index (χ0n) is 17.4. The van der Waals surface area contributed by atoms with Crippen LogP contribution in [-0.4, -0.2) is 18.4 Å². The van der Waals surface area contributed by atoms with E-state index in [0.717, 1.165) is 27.0 Å². The van der Waals surface area contributed by atoms with Gasteiger partial charge in [-0.05, 0) is 61.6 Å². The lowest BCUT2D eigenvalue weighted by molar-refractivity contribution is -0.138. The van der Waals surface area contributed by atoms with Gasteiger partial charge in [0.1, 0.15) is 0 Å². The van der Waals surface area contributed by atoms with Crippen LogP contribution in [0.4, 0.5) is 0 Å². The number of carbonyl (C=O) groups excluding carboxylic acids is 2. The van der Waals surface area contributed by atoms with E-state index >= 15 is 0 Å². The minimum atomic E-state index is -0.443. The summed E-state index contributed by atoms with van der Waals surface area (Å²) in [7, 11) is 0. The maximum Gasteiger partial charge on any atom is 0.336 e. The lowest BCUT2D eigenvalue weighted by Crippen LogP contribution is -2.36. The van der Waals surface area contributed by atoms with Gasteiger partial charge in [-0.3, -0.25) is 4.79 Å². The van der Waals surface area contributed by atoms with Crippen LogP contribution in [0, 0.1) is 0 Å². The Kier molecular flexibility index (Phi) is 6.35. The van der Waals surface area contributed by atoms with Gasteiger partial charge in [-0.25, -0.2) is 4.79 Å². The summed E-state index contributed by atoms with van der Waals surface area (Å²) in [6.45, 7) is 3.94. The van der Waals surface area contributed by atoms with Crippen molar-refractivity contribution >= 4 is 39.3 Å². The van der Waals surface area contributed by atoms with Crippen molar-refractivity contribution in [3.8, 4) is 0 Å². The van der Waals surface area contributed by atoms with Crippen LogP contribution >= 0.6 is 27.5 Å². The summed E-state index contributed by atoms with van der Waals surface area (Å²) in [4.78, 5) is 26.3. The Hall–Kier alpha value is -2.37. The third-order valence-electron chi connectivity index (χ3n) is 5.87. The predicted molar refractivity (Wildman–Crippen MR) is 125 cm³/mol. The van der Waals surface area contributed by atoms with Crippen LogP contribution < -0.4 is 5.32 Å². The monoisotopic (exact) mass is 499 g/mol. The molecule has 2 unspecified atom stereocenters. The fourth-order valence-corrected chi connectivity index (χ4v) is 4.87. The van der Waals surface area contributed by atoms with Crippen LogP contribution in [0.25, 0.3) is 0 Å². The highest BCUT2D eigenvalue weighted by Gasteiger charge is 2.41. The topological polar surface area (TPSA) is 55.4 Å². The van der Waals surface area contributed by atoms with E-state index in [2.05, 4.69) is 21.2 Å². The highest BCUT2D eigenvalue weighted by Crippen LogP contribution is 2.45. The van der Waals surface area contributed by atoms with Crippen molar-refractivity contribution in [2.75, 3.05) is 6.61 Å². The summed E-state index contributed by atoms with van der Waals surface area (Å²) < 4.78 is 6.29. The first-order valence-corrected chi connectivity index (χ1v) is 11.5. The van der Waals surface area contributed by atoms with Crippen molar-refractivity contribution in [1.29, 1.82) is 0 Å². The SMILES string of the molecule is CCOC(=O)C1=C(C)NC2=C(C(=O)CC(c3ccc(Cl)cc3)C2)C1c1ccc(Br)cc1. The first-order valence-electron chi connectivity index (χ1n) is 10.3. The van der Waals surface area contributed by atoms with Crippen LogP contribution in [0.2, 0.25) is 5.02 Å². The van der Waals surface area contributed by atoms with Crippen molar-refractivity contribution < 1.29 is 14.3 Å². The molecule has 31 heavy (non-hydrogen) atoms. The van der Waals surface area contributed by atoms with Gasteiger partial charge in [0, 0.05) is 38.8 Å². The van der Waals surface area contributed by atoms with Gasteiger partial charge in [-0.2, -0.15) is 0 Å². The number of dihydropyridines is 1. The molecule has 6 heteroatoms. The molecule has 1 aliphatic carbocycles. The number of carbonyl (C=O) groups is 2. The molecule has 2 aromatic rings. The van der Waals surface area contributed by atoms with Crippen LogP contribution in [0.5, 0.6) is 0 Å². The summed E-state index contributed by atoms with van der Waals surface area (Å²) in [5, 5.41) is 4.04. The summed E-state index contributed by atoms with van der Waals surface area (Å²) in [6.07, 6.45) is 1.09. The normalized spacial score (nSPS) is 21.0. The van der Waals surface area contributed by atoms with Crippen molar-refractivity contribution in [2.45, 2.75) is 38.5 Å². The van der Waals surface area contributed by atoms with Gasteiger partial charge in [0.15, 0.2) is 5.78 Å². The van der Waals surface area contributed by atoms with E-state index in [9.17, 15) is 9.59 Å². The number of benzene rings is 2. The minimum Gasteiger partial charge on any atom is -0.463 e. The Bertz CT molecular complexity index is 1090. The third kappa shape index (κ3) is 4.35. The molecule has 2 atom stereocenters. The first kappa shape index (κ1) is 21.8. The summed E-state index contributed by atoms with van der Waals surface area (Å²) in [5.41, 5.74) is 4.77. The van der Waals surface area contributed by atoms with Gasteiger partial charge in [-0.1, -0.05) is 51.8 Å². The van der Waals surface area contributed by atoms with Crippen molar-refractivity contribution in [2.24, 2.45) is 0 Å². The van der Waals surface area contributed by atoms with E-state index in [1.807, 2.05) is 55.5 Å². The minimum absolute atomic E-state index is 0.0518. The zero-order chi connectivity index (χ0) is 22.1. The van der Waals surface area contributed by atoms with Gasteiger partial charge in [0.05, 0.1) is 12.2 Å². The number of hydrogen-bond acceptors (Lipinski definition) is 4. The number of esters is 1. The number of ether oxygens (including phenoxy) is 1. The molecule has 0 radical (unpaired) electrons. The molecule has 2 aromatic carbocycles. The molecule has 0 amide bonds. The van der Waals surface area contributed by atoms with E-state index in [0.29, 0.717) is 29.0 Å². The molecule has 0 fully saturated rings. The van der Waals surface area contributed by atoms with E-state index in [1.165, 1.54) is 0 Å². The summed E-state index contributed by atoms with van der Waals surface area (Å²) >= 11 is 9.50. The number of rotatable bonds is 4. The molecule has 1 N–H and O–H groups in total. The molecule has 1 aliphatic heterocycles. The van der Waals surface area contributed by atoms with Gasteiger partial charge < -0.3 is 10.1 Å². The fraction of sp³-hybridized carbons (Fsp3) is 0.280. The lowest BCUT2D eigenvalue weighted by atomic mass is 9.72. The van der Waals surface area contributed by atoms with Gasteiger partial charge in [0.2, 0.25) is 0 Å². The van der Waals surface area contributed by atoms with E-state index in [-0.39, 0.29) is 24.3 Å². The largest absolute Gasteiger partial charge is 0.463 e. The van der Waals surface area contributed by atoms with Gasteiger partial charge in [-0.15, -0.1) is 0 Å². The quantitative estimate of drug-likeness (QED) is 0.521. The molecule has 2 aliphatic rings. The standard InChI is InChI=1S/C25H23BrClNO3/c1-3-31-25(30)22-14(2)28-20-12-17(15-6-10-19(27)11-7-15)13-21(29)24(20)23(22)16-4-8-18(26)9-5-16/h4-11,17,23,28H,3,12-13H2,1-2H3. The molecule has 4 nitrogen and oxygen atoms in total. The number of hydrogen-bond donors (Lipinski definition) is 1. The molecular formula is C25H23BrClNO3. The average Bonchev–Trinajstić information content (AvgIpc) is 2.74.